The summed E-state index contributed by atoms with van der Waals surface area (Å²) in [7, 11) is 0. The molecule has 9 nitrogen and oxygen atoms in total. The van der Waals surface area contributed by atoms with Crippen molar-refractivity contribution in [3.05, 3.63) is 56.1 Å². The summed E-state index contributed by atoms with van der Waals surface area (Å²) in [4.78, 5) is 43.3. The van der Waals surface area contributed by atoms with Crippen molar-refractivity contribution in [2.75, 3.05) is 19.6 Å². The second kappa shape index (κ2) is 10.2. The second-order valence-electron chi connectivity index (χ2n) is 12.0. The number of nitrogens with zero attached hydrogens (tertiary/aromatic N) is 4. The zero-order valence-corrected chi connectivity index (χ0v) is 23.2. The van der Waals surface area contributed by atoms with Crippen molar-refractivity contribution < 1.29 is 9.59 Å². The Kier molecular flexibility index (Phi) is 7.07. The standard InChI is InChI=1S/C28H35ClN6O3/c1-16-9-20(26(37)33-31-16)17-5-7-34(8-6-17)24(36)12-19-10-18-11-23(29)25-21(13-30-32-25)22(18)14-35(27(19)38)15-28(2,3)4/h9,11,13,17,19H,5-8,10,12,14-15H2,1-4H3,(H,30,32)(H,33,37). The number of H-pyrrole nitrogens is 2. The zero-order valence-electron chi connectivity index (χ0n) is 22.4. The molecule has 3 aromatic rings. The van der Waals surface area contributed by atoms with Crippen LogP contribution in [0.1, 0.15) is 68.3 Å². The first-order valence-electron chi connectivity index (χ1n) is 13.3. The molecule has 2 N–H and O–H groups in total. The molecule has 0 aliphatic carbocycles. The molecule has 1 fully saturated rings. The number of aryl methyl sites for hydroxylation is 1. The number of benzene rings is 1. The number of aromatic amines is 2. The molecular formula is C28H35ClN6O3. The van der Waals surface area contributed by atoms with Crippen molar-refractivity contribution in [1.82, 2.24) is 30.2 Å². The van der Waals surface area contributed by atoms with E-state index in [9.17, 15) is 14.4 Å². The molecular weight excluding hydrogens is 504 g/mol. The molecule has 38 heavy (non-hydrogen) atoms. The van der Waals surface area contributed by atoms with E-state index in [0.717, 1.165) is 33.3 Å². The van der Waals surface area contributed by atoms with Gasteiger partial charge in [-0.05, 0) is 60.8 Å². The van der Waals surface area contributed by atoms with Crippen molar-refractivity contribution in [2.45, 2.75) is 65.8 Å². The van der Waals surface area contributed by atoms with E-state index < -0.39 is 5.92 Å². The van der Waals surface area contributed by atoms with E-state index in [-0.39, 0.29) is 35.1 Å². The average molecular weight is 539 g/mol. The number of nitrogens with one attached hydrogen (secondary N) is 2. The number of piperidine rings is 1. The van der Waals surface area contributed by atoms with Crippen LogP contribution in [0.5, 0.6) is 0 Å². The van der Waals surface area contributed by atoms with Crippen LogP contribution >= 0.6 is 11.6 Å². The summed E-state index contributed by atoms with van der Waals surface area (Å²) in [5.41, 5.74) is 4.07. The van der Waals surface area contributed by atoms with Crippen molar-refractivity contribution in [1.29, 1.82) is 0 Å². The minimum absolute atomic E-state index is 0.00548. The van der Waals surface area contributed by atoms with Crippen molar-refractivity contribution in [2.24, 2.45) is 11.3 Å². The third kappa shape index (κ3) is 5.34. The normalized spacial score (nSPS) is 19.1. The number of hydrogen-bond acceptors (Lipinski definition) is 5. The van der Waals surface area contributed by atoms with Crippen LogP contribution in [0.15, 0.2) is 23.1 Å². The minimum Gasteiger partial charge on any atom is -0.343 e. The fourth-order valence-corrected chi connectivity index (χ4v) is 6.18. The Hall–Kier alpha value is -3.20. The number of halogens is 1. The Labute approximate surface area is 226 Å². The lowest BCUT2D eigenvalue weighted by molar-refractivity contribution is -0.142. The van der Waals surface area contributed by atoms with Gasteiger partial charge in [0.2, 0.25) is 11.8 Å². The third-order valence-corrected chi connectivity index (χ3v) is 8.00. The van der Waals surface area contributed by atoms with Gasteiger partial charge in [0.15, 0.2) is 0 Å². The van der Waals surface area contributed by atoms with E-state index in [1.807, 2.05) is 28.9 Å². The molecule has 2 amide bonds. The van der Waals surface area contributed by atoms with E-state index in [2.05, 4.69) is 41.2 Å². The summed E-state index contributed by atoms with van der Waals surface area (Å²) in [6.45, 7) is 10.4. The van der Waals surface area contributed by atoms with Gasteiger partial charge in [-0.3, -0.25) is 19.5 Å². The van der Waals surface area contributed by atoms with Crippen LogP contribution in [-0.4, -0.2) is 61.6 Å². The summed E-state index contributed by atoms with van der Waals surface area (Å²) in [5, 5.41) is 15.2. The predicted octanol–water partition coefficient (Wildman–Crippen LogP) is 3.95. The summed E-state index contributed by atoms with van der Waals surface area (Å²) in [6, 6.07) is 3.76. The Morgan fingerprint density at radius 1 is 1.16 bits per heavy atom. The molecule has 10 heteroatoms. The highest BCUT2D eigenvalue weighted by Crippen LogP contribution is 2.35. The molecule has 2 aliphatic heterocycles. The number of carbonyl (C=O) groups excluding carboxylic acids is 2. The summed E-state index contributed by atoms with van der Waals surface area (Å²) in [6.07, 6.45) is 3.81. The highest BCUT2D eigenvalue weighted by atomic mass is 35.5. The summed E-state index contributed by atoms with van der Waals surface area (Å²) >= 11 is 6.55. The van der Waals surface area contributed by atoms with Crippen LogP contribution in [0, 0.1) is 18.3 Å². The number of aromatic nitrogens is 4. The number of rotatable bonds is 4. The van der Waals surface area contributed by atoms with Gasteiger partial charge >= 0.3 is 0 Å². The van der Waals surface area contributed by atoms with Gasteiger partial charge in [-0.15, -0.1) is 0 Å². The molecule has 1 unspecified atom stereocenters. The topological polar surface area (TPSA) is 115 Å². The molecule has 1 saturated heterocycles. The van der Waals surface area contributed by atoms with Crippen LogP contribution in [0.3, 0.4) is 0 Å². The highest BCUT2D eigenvalue weighted by molar-refractivity contribution is 6.35. The number of carbonyl (C=O) groups is 2. The van der Waals surface area contributed by atoms with Gasteiger partial charge in [-0.1, -0.05) is 32.4 Å². The molecule has 5 rings (SSSR count). The number of amides is 2. The second-order valence-corrected chi connectivity index (χ2v) is 12.4. The number of hydrogen-bond donors (Lipinski definition) is 2. The van der Waals surface area contributed by atoms with Gasteiger partial charge in [-0.2, -0.15) is 10.2 Å². The van der Waals surface area contributed by atoms with Crippen LogP contribution in [-0.2, 0) is 22.6 Å². The number of fused-ring (bicyclic) bond motifs is 3. The monoisotopic (exact) mass is 538 g/mol. The van der Waals surface area contributed by atoms with Crippen LogP contribution in [0.2, 0.25) is 5.02 Å². The van der Waals surface area contributed by atoms with Gasteiger partial charge in [0.25, 0.3) is 5.56 Å². The van der Waals surface area contributed by atoms with Gasteiger partial charge in [0.05, 0.1) is 28.3 Å². The molecule has 2 aliphatic rings. The van der Waals surface area contributed by atoms with Crippen molar-refractivity contribution in [3.63, 3.8) is 0 Å². The van der Waals surface area contributed by atoms with E-state index in [1.165, 1.54) is 0 Å². The van der Waals surface area contributed by atoms with Crippen LogP contribution < -0.4 is 5.56 Å². The lowest BCUT2D eigenvalue weighted by atomic mass is 9.89. The Balaban J connectivity index is 1.35. The first-order valence-corrected chi connectivity index (χ1v) is 13.6. The van der Waals surface area contributed by atoms with Gasteiger partial charge in [0, 0.05) is 43.5 Å². The van der Waals surface area contributed by atoms with E-state index in [0.29, 0.717) is 50.5 Å². The van der Waals surface area contributed by atoms with E-state index in [4.69, 9.17) is 11.6 Å². The Morgan fingerprint density at radius 2 is 1.89 bits per heavy atom. The average Bonchev–Trinajstić information content (AvgIpc) is 3.32. The summed E-state index contributed by atoms with van der Waals surface area (Å²) in [5.74, 6) is -0.380. The Morgan fingerprint density at radius 3 is 2.61 bits per heavy atom. The van der Waals surface area contributed by atoms with Gasteiger partial charge in [-0.25, -0.2) is 5.10 Å². The summed E-state index contributed by atoms with van der Waals surface area (Å²) < 4.78 is 0. The molecule has 1 aromatic carbocycles. The quantitative estimate of drug-likeness (QED) is 0.522. The first kappa shape index (κ1) is 26.4. The maximum absolute atomic E-state index is 13.8. The largest absolute Gasteiger partial charge is 0.343 e. The number of likely N-dealkylation sites (tertiary alicyclic amines) is 1. The maximum Gasteiger partial charge on any atom is 0.267 e. The molecule has 0 radical (unpaired) electrons. The highest BCUT2D eigenvalue weighted by Gasteiger charge is 2.36. The molecule has 202 valence electrons. The van der Waals surface area contributed by atoms with Crippen LogP contribution in [0.4, 0.5) is 0 Å². The molecule has 4 heterocycles. The molecule has 0 bridgehead atoms. The van der Waals surface area contributed by atoms with Crippen molar-refractivity contribution in [3.8, 4) is 0 Å². The molecule has 1 atom stereocenters. The smallest absolute Gasteiger partial charge is 0.267 e. The van der Waals surface area contributed by atoms with E-state index in [1.54, 1.807) is 6.20 Å². The van der Waals surface area contributed by atoms with Crippen molar-refractivity contribution >= 4 is 34.3 Å². The SMILES string of the molecule is Cc1cc(C2CCN(C(=O)CC3Cc4cc(Cl)c5[nH]ncc5c4CN(CC(C)(C)C)C3=O)CC2)c(=O)[nH]n1. The molecule has 0 spiro atoms. The first-order chi connectivity index (χ1) is 18.0. The molecule has 0 saturated carbocycles. The molecule has 2 aromatic heterocycles. The van der Waals surface area contributed by atoms with Gasteiger partial charge < -0.3 is 9.80 Å². The lowest BCUT2D eigenvalue weighted by Gasteiger charge is -2.34. The minimum atomic E-state index is -0.463. The Bertz CT molecular complexity index is 1430. The fourth-order valence-electron chi connectivity index (χ4n) is 5.91. The van der Waals surface area contributed by atoms with E-state index >= 15 is 0 Å². The third-order valence-electron chi connectivity index (χ3n) is 7.70. The predicted molar refractivity (Wildman–Crippen MR) is 146 cm³/mol. The van der Waals surface area contributed by atoms with Crippen LogP contribution in [0.25, 0.3) is 10.9 Å². The lowest BCUT2D eigenvalue weighted by Crippen LogP contribution is -2.43. The fraction of sp³-hybridized carbons (Fsp3) is 0.536. The van der Waals surface area contributed by atoms with Gasteiger partial charge in [0.1, 0.15) is 0 Å². The maximum atomic E-state index is 13.8. The zero-order chi connectivity index (χ0) is 27.2.